The number of carbonyl (C=O) groups is 4. The predicted molar refractivity (Wildman–Crippen MR) is 137 cm³/mol. The van der Waals surface area contributed by atoms with Crippen LogP contribution in [-0.2, 0) is 19.2 Å². The van der Waals surface area contributed by atoms with Gasteiger partial charge in [-0.25, -0.2) is 9.80 Å². The highest BCUT2D eigenvalue weighted by Gasteiger charge is 2.43. The van der Waals surface area contributed by atoms with Crippen LogP contribution in [0.25, 0.3) is 0 Å². The van der Waals surface area contributed by atoms with Crippen molar-refractivity contribution in [2.24, 2.45) is 11.8 Å². The summed E-state index contributed by atoms with van der Waals surface area (Å²) >= 11 is 0. The molecule has 2 aliphatic carbocycles. The van der Waals surface area contributed by atoms with Gasteiger partial charge in [0.25, 0.3) is 11.8 Å². The Morgan fingerprint density at radius 3 is 1.33 bits per heavy atom. The van der Waals surface area contributed by atoms with Crippen molar-refractivity contribution in [3.8, 4) is 0 Å². The van der Waals surface area contributed by atoms with Crippen molar-refractivity contribution >= 4 is 35.0 Å². The second kappa shape index (κ2) is 10.4. The lowest BCUT2D eigenvalue weighted by Gasteiger charge is -2.31. The number of carbonyl (C=O) groups excluding carboxylic acids is 4. The first-order chi connectivity index (χ1) is 17.3. The number of rotatable bonds is 6. The van der Waals surface area contributed by atoms with Gasteiger partial charge in [-0.1, -0.05) is 39.5 Å². The van der Waals surface area contributed by atoms with Gasteiger partial charge in [-0.2, -0.15) is 0 Å². The molecular weight excluding hydrogens is 456 g/mol. The molecule has 6 atom stereocenters. The Morgan fingerprint density at radius 2 is 0.972 bits per heavy atom. The van der Waals surface area contributed by atoms with Crippen LogP contribution in [0.4, 0.5) is 11.4 Å². The van der Waals surface area contributed by atoms with Crippen LogP contribution in [0.1, 0.15) is 78.1 Å². The number of anilines is 2. The van der Waals surface area contributed by atoms with E-state index in [0.29, 0.717) is 23.2 Å². The van der Waals surface area contributed by atoms with Gasteiger partial charge >= 0.3 is 0 Å². The van der Waals surface area contributed by atoms with Crippen LogP contribution in [0, 0.1) is 11.8 Å². The third-order valence-corrected chi connectivity index (χ3v) is 8.71. The highest BCUT2D eigenvalue weighted by atomic mass is 16.2. The second-order valence-electron chi connectivity index (χ2n) is 11.2. The molecule has 5 rings (SSSR count). The van der Waals surface area contributed by atoms with E-state index in [4.69, 9.17) is 0 Å². The van der Waals surface area contributed by atoms with Crippen LogP contribution in [-0.4, -0.2) is 47.8 Å². The molecule has 0 unspecified atom stereocenters. The molecule has 4 fully saturated rings. The Hall–Kier alpha value is -2.58. The maximum absolute atomic E-state index is 13.1. The average molecular weight is 495 g/mol. The van der Waals surface area contributed by atoms with E-state index >= 15 is 0 Å². The molecule has 2 N–H and O–H groups in total. The molecule has 2 saturated carbocycles. The van der Waals surface area contributed by atoms with E-state index in [1.54, 1.807) is 24.3 Å². The number of nitrogens with one attached hydrogen (secondary N) is 2. The lowest BCUT2D eigenvalue weighted by atomic mass is 9.85. The fourth-order valence-corrected chi connectivity index (χ4v) is 6.46. The maximum atomic E-state index is 13.1. The van der Waals surface area contributed by atoms with Crippen molar-refractivity contribution in [3.63, 3.8) is 0 Å². The number of amides is 4. The minimum Gasteiger partial charge on any atom is -0.302 e. The molecule has 0 bridgehead atoms. The Balaban J connectivity index is 1.24. The quantitative estimate of drug-likeness (QED) is 0.589. The molecule has 0 aromatic heterocycles. The molecular formula is C28H38N4O4. The zero-order chi connectivity index (χ0) is 25.4. The molecule has 8 heteroatoms. The first-order valence-corrected chi connectivity index (χ1v) is 13.7. The van der Waals surface area contributed by atoms with Gasteiger partial charge in [-0.05, 0) is 61.8 Å². The first kappa shape index (κ1) is 25.1. The van der Waals surface area contributed by atoms with Crippen molar-refractivity contribution < 1.29 is 19.2 Å². The van der Waals surface area contributed by atoms with Gasteiger partial charge in [0.15, 0.2) is 0 Å². The highest BCUT2D eigenvalue weighted by molar-refractivity contribution is 6.24. The lowest BCUT2D eigenvalue weighted by Crippen LogP contribution is -2.47. The van der Waals surface area contributed by atoms with Gasteiger partial charge in [0.05, 0.1) is 36.3 Å². The van der Waals surface area contributed by atoms with Gasteiger partial charge in [-0.15, -0.1) is 0 Å². The predicted octanol–water partition coefficient (Wildman–Crippen LogP) is 3.29. The van der Waals surface area contributed by atoms with Crippen molar-refractivity contribution in [2.75, 3.05) is 9.80 Å². The van der Waals surface area contributed by atoms with E-state index in [1.807, 2.05) is 0 Å². The number of benzene rings is 1. The Labute approximate surface area is 213 Å². The van der Waals surface area contributed by atoms with E-state index in [2.05, 4.69) is 24.5 Å². The van der Waals surface area contributed by atoms with Gasteiger partial charge in [0.1, 0.15) is 0 Å². The van der Waals surface area contributed by atoms with E-state index in [-0.39, 0.29) is 48.6 Å². The summed E-state index contributed by atoms with van der Waals surface area (Å²) in [5.41, 5.74) is 0.944. The maximum Gasteiger partial charge on any atom is 0.251 e. The number of hydrogen-bond donors (Lipinski definition) is 2. The minimum absolute atomic E-state index is 0.153. The molecule has 4 amide bonds. The summed E-state index contributed by atoms with van der Waals surface area (Å²) in [5, 5.41) is 6.88. The molecule has 194 valence electrons. The Morgan fingerprint density at radius 1 is 0.611 bits per heavy atom. The minimum atomic E-state index is -0.501. The second-order valence-corrected chi connectivity index (χ2v) is 11.2. The molecule has 1 aromatic rings. The largest absolute Gasteiger partial charge is 0.302 e. The van der Waals surface area contributed by atoms with Crippen molar-refractivity contribution in [3.05, 3.63) is 24.3 Å². The summed E-state index contributed by atoms with van der Waals surface area (Å²) < 4.78 is 0. The Kier molecular flexibility index (Phi) is 7.26. The first-order valence-electron chi connectivity index (χ1n) is 13.7. The normalized spacial score (nSPS) is 33.6. The van der Waals surface area contributed by atoms with Crippen LogP contribution in [0.3, 0.4) is 0 Å². The van der Waals surface area contributed by atoms with Crippen molar-refractivity contribution in [1.82, 2.24) is 10.6 Å². The summed E-state index contributed by atoms with van der Waals surface area (Å²) in [7, 11) is 0. The number of nitrogens with zero attached hydrogens (tertiary/aromatic N) is 2. The van der Waals surface area contributed by atoms with E-state index in [0.717, 1.165) is 38.5 Å². The third kappa shape index (κ3) is 4.85. The van der Waals surface area contributed by atoms with Crippen molar-refractivity contribution in [2.45, 2.75) is 102 Å². The molecule has 2 aliphatic heterocycles. The summed E-state index contributed by atoms with van der Waals surface area (Å²) in [6.07, 6.45) is 9.37. The Bertz CT molecular complexity index is 944. The van der Waals surface area contributed by atoms with Crippen LogP contribution in [0.2, 0.25) is 0 Å². The molecule has 4 aliphatic rings. The molecule has 36 heavy (non-hydrogen) atoms. The topological polar surface area (TPSA) is 98.8 Å². The van der Waals surface area contributed by atoms with E-state index < -0.39 is 12.1 Å². The standard InChI is InChI=1S/C28H38N4O4/c1-17-7-3-5-9-21(17)29-23-15-25(33)31(27(23)35)19-11-13-20(14-12-19)32-26(34)16-24(28(32)36)30-22-10-6-4-8-18(22)2/h11-14,17-18,21-24,29-30H,3-10,15-16H2,1-2H3/t17-,18+,21-,22-,23-,24+/m1/s1. The summed E-state index contributed by atoms with van der Waals surface area (Å²) in [4.78, 5) is 54.2. The average Bonchev–Trinajstić information content (AvgIpc) is 3.30. The van der Waals surface area contributed by atoms with Crippen molar-refractivity contribution in [1.29, 1.82) is 0 Å². The monoisotopic (exact) mass is 494 g/mol. The zero-order valence-corrected chi connectivity index (χ0v) is 21.4. The lowest BCUT2D eigenvalue weighted by molar-refractivity contribution is -0.123. The molecule has 0 spiro atoms. The van der Waals surface area contributed by atoms with Gasteiger partial charge in [-0.3, -0.25) is 19.2 Å². The molecule has 8 nitrogen and oxygen atoms in total. The van der Waals surface area contributed by atoms with Gasteiger partial charge in [0.2, 0.25) is 11.8 Å². The number of hydrogen-bond acceptors (Lipinski definition) is 6. The molecule has 2 heterocycles. The SMILES string of the molecule is C[C@@H]1CCCC[C@H]1N[C@@H]1CC(=O)N(c2ccc(N3C(=O)C[C@H](N[C@@H]4CCCC[C@@H]4C)C3=O)cc2)C1=O. The smallest absolute Gasteiger partial charge is 0.251 e. The van der Waals surface area contributed by atoms with E-state index in [9.17, 15) is 19.2 Å². The summed E-state index contributed by atoms with van der Waals surface area (Å²) in [6, 6.07) is 6.13. The molecule has 0 radical (unpaired) electrons. The molecule has 1 aromatic carbocycles. The fourth-order valence-electron chi connectivity index (χ4n) is 6.46. The zero-order valence-electron chi connectivity index (χ0n) is 21.4. The fraction of sp³-hybridized carbons (Fsp3) is 0.643. The summed E-state index contributed by atoms with van der Waals surface area (Å²) in [6.45, 7) is 4.40. The van der Waals surface area contributed by atoms with Crippen LogP contribution >= 0.6 is 0 Å². The number of imide groups is 2. The van der Waals surface area contributed by atoms with Crippen LogP contribution in [0.5, 0.6) is 0 Å². The van der Waals surface area contributed by atoms with Gasteiger partial charge in [0, 0.05) is 12.1 Å². The third-order valence-electron chi connectivity index (χ3n) is 8.71. The highest BCUT2D eigenvalue weighted by Crippen LogP contribution is 2.31. The van der Waals surface area contributed by atoms with E-state index in [1.165, 1.54) is 22.6 Å². The summed E-state index contributed by atoms with van der Waals surface area (Å²) in [5.74, 6) is 0.0607. The van der Waals surface area contributed by atoms with Crippen LogP contribution < -0.4 is 20.4 Å². The van der Waals surface area contributed by atoms with Gasteiger partial charge < -0.3 is 10.6 Å². The molecule has 2 saturated heterocycles. The van der Waals surface area contributed by atoms with Crippen LogP contribution in [0.15, 0.2) is 24.3 Å².